The number of benzene rings is 2. The van der Waals surface area contributed by atoms with E-state index in [4.69, 9.17) is 32.7 Å². The Morgan fingerprint density at radius 1 is 1.00 bits per heavy atom. The maximum atomic E-state index is 13.7. The van der Waals surface area contributed by atoms with Crippen molar-refractivity contribution in [2.45, 2.75) is 69.5 Å². The number of amides is 4. The number of carbonyl (C=O) groups is 5. The minimum Gasteiger partial charge on any atom is -0.481 e. The summed E-state index contributed by atoms with van der Waals surface area (Å²) in [6, 6.07) is 10.2. The van der Waals surface area contributed by atoms with Crippen LogP contribution in [0.25, 0.3) is 0 Å². The smallest absolute Gasteiger partial charge is 0.408 e. The number of fused-ring (bicyclic) bond motifs is 1. The number of nitrogens with zero attached hydrogens (tertiary/aromatic N) is 2. The first-order chi connectivity index (χ1) is 21.5. The standard InChI is InChI=1S/C30H34Cl2N4O9/c31-20-8-4-9-21(32)19(20)16-44-17-25(37)23(14-27(39)40)33-28(41)24-10-5-13-35-26(38)12-11-22(29(42)36(24)35)34-30(43)45-15-18-6-2-1-3-7-18/h1-4,6-9,22-25,37H,5,10-17H2,(H,33,41)(H,34,43)(H,39,40). The summed E-state index contributed by atoms with van der Waals surface area (Å²) in [5, 5.41) is 28.2. The Kier molecular flexibility index (Phi) is 12.0. The number of hydrogen-bond acceptors (Lipinski definition) is 8. The molecule has 2 aliphatic heterocycles. The molecular weight excluding hydrogens is 631 g/mol. The van der Waals surface area contributed by atoms with Crippen LogP contribution in [0.2, 0.25) is 10.0 Å². The number of carboxylic acids is 1. The van der Waals surface area contributed by atoms with Crippen LogP contribution < -0.4 is 10.6 Å². The molecule has 13 nitrogen and oxygen atoms in total. The number of alkyl carbamates (subject to hydrolysis) is 1. The predicted molar refractivity (Wildman–Crippen MR) is 161 cm³/mol. The highest BCUT2D eigenvalue weighted by atomic mass is 35.5. The Balaban J connectivity index is 1.42. The summed E-state index contributed by atoms with van der Waals surface area (Å²) in [6.07, 6.45) is -2.49. The number of aliphatic hydroxyl groups is 1. The second-order valence-electron chi connectivity index (χ2n) is 10.7. The van der Waals surface area contributed by atoms with Gasteiger partial charge in [0.05, 0.1) is 31.8 Å². The van der Waals surface area contributed by atoms with Gasteiger partial charge in [-0.2, -0.15) is 0 Å². The number of hydrogen-bond donors (Lipinski definition) is 4. The minimum absolute atomic E-state index is 0.00736. The van der Waals surface area contributed by atoms with Crippen molar-refractivity contribution in [3.05, 3.63) is 69.7 Å². The Hall–Kier alpha value is -3.91. The lowest BCUT2D eigenvalue weighted by Crippen LogP contribution is -2.64. The first-order valence-electron chi connectivity index (χ1n) is 14.4. The van der Waals surface area contributed by atoms with Gasteiger partial charge in [-0.1, -0.05) is 59.6 Å². The van der Waals surface area contributed by atoms with Crippen molar-refractivity contribution in [3.8, 4) is 0 Å². The molecule has 0 bridgehead atoms. The minimum atomic E-state index is -1.46. The Morgan fingerprint density at radius 3 is 2.40 bits per heavy atom. The van der Waals surface area contributed by atoms with Crippen LogP contribution in [0, 0.1) is 0 Å². The third-order valence-electron chi connectivity index (χ3n) is 7.45. The fraction of sp³-hybridized carbons (Fsp3) is 0.433. The van der Waals surface area contributed by atoms with Crippen molar-refractivity contribution in [1.29, 1.82) is 0 Å². The summed E-state index contributed by atoms with van der Waals surface area (Å²) < 4.78 is 10.8. The van der Waals surface area contributed by atoms with Crippen molar-refractivity contribution >= 4 is 53.0 Å². The zero-order chi connectivity index (χ0) is 32.5. The summed E-state index contributed by atoms with van der Waals surface area (Å²) >= 11 is 12.3. The molecule has 242 valence electrons. The molecule has 0 radical (unpaired) electrons. The van der Waals surface area contributed by atoms with Crippen LogP contribution in [0.3, 0.4) is 0 Å². The highest BCUT2D eigenvalue weighted by molar-refractivity contribution is 6.35. The average Bonchev–Trinajstić information content (AvgIpc) is 3.13. The van der Waals surface area contributed by atoms with Gasteiger partial charge in [0.25, 0.3) is 5.91 Å². The zero-order valence-corrected chi connectivity index (χ0v) is 25.7. The fourth-order valence-corrected chi connectivity index (χ4v) is 5.64. The third-order valence-corrected chi connectivity index (χ3v) is 8.16. The molecule has 15 heteroatoms. The van der Waals surface area contributed by atoms with E-state index in [2.05, 4.69) is 10.6 Å². The van der Waals surface area contributed by atoms with Crippen LogP contribution in [0.5, 0.6) is 0 Å². The number of carboxylic acid groups (broad SMARTS) is 1. The van der Waals surface area contributed by atoms with Crippen LogP contribution >= 0.6 is 23.2 Å². The maximum Gasteiger partial charge on any atom is 0.408 e. The molecule has 2 fully saturated rings. The van der Waals surface area contributed by atoms with Gasteiger partial charge in [-0.15, -0.1) is 0 Å². The molecule has 4 amide bonds. The normalized spacial score (nSPS) is 19.6. The van der Waals surface area contributed by atoms with Crippen LogP contribution in [0.1, 0.15) is 43.2 Å². The summed E-state index contributed by atoms with van der Waals surface area (Å²) in [5.74, 6) is -3.16. The summed E-state index contributed by atoms with van der Waals surface area (Å²) in [6.45, 7) is -0.294. The number of carbonyl (C=O) groups excluding carboxylic acids is 4. The summed E-state index contributed by atoms with van der Waals surface area (Å²) in [7, 11) is 0. The Labute approximate surface area is 269 Å². The molecule has 0 aliphatic carbocycles. The van der Waals surface area contributed by atoms with E-state index in [0.29, 0.717) is 22.0 Å². The number of halogens is 2. The lowest BCUT2D eigenvalue weighted by molar-refractivity contribution is -0.176. The van der Waals surface area contributed by atoms with E-state index in [1.165, 1.54) is 5.01 Å². The van der Waals surface area contributed by atoms with Crippen molar-refractivity contribution in [2.24, 2.45) is 0 Å². The highest BCUT2D eigenvalue weighted by Crippen LogP contribution is 2.26. The van der Waals surface area contributed by atoms with Gasteiger partial charge in [0.2, 0.25) is 11.8 Å². The molecular formula is C30H34Cl2N4O9. The summed E-state index contributed by atoms with van der Waals surface area (Å²) in [5.41, 5.74) is 1.22. The van der Waals surface area contributed by atoms with Crippen LogP contribution in [-0.2, 0) is 41.9 Å². The van der Waals surface area contributed by atoms with Crippen molar-refractivity contribution in [1.82, 2.24) is 20.7 Å². The molecule has 45 heavy (non-hydrogen) atoms. The second-order valence-corrected chi connectivity index (χ2v) is 11.5. The van der Waals surface area contributed by atoms with Crippen molar-refractivity contribution in [2.75, 3.05) is 13.2 Å². The van der Waals surface area contributed by atoms with Gasteiger partial charge >= 0.3 is 12.1 Å². The van der Waals surface area contributed by atoms with E-state index in [1.54, 1.807) is 42.5 Å². The molecule has 0 spiro atoms. The molecule has 4 unspecified atom stereocenters. The lowest BCUT2D eigenvalue weighted by Gasteiger charge is -2.43. The molecule has 2 aliphatic rings. The van der Waals surface area contributed by atoms with Gasteiger partial charge in [0, 0.05) is 28.6 Å². The molecule has 0 saturated carbocycles. The number of hydrazine groups is 1. The number of ether oxygens (including phenoxy) is 2. The van der Waals surface area contributed by atoms with Crippen LogP contribution in [0.15, 0.2) is 48.5 Å². The molecule has 4 N–H and O–H groups in total. The first kappa shape index (κ1) is 34.0. The number of aliphatic carboxylic acids is 1. The van der Waals surface area contributed by atoms with E-state index in [-0.39, 0.29) is 45.6 Å². The Bertz CT molecular complexity index is 1380. The van der Waals surface area contributed by atoms with Crippen molar-refractivity contribution < 1.29 is 43.7 Å². The molecule has 2 saturated heterocycles. The molecule has 4 rings (SSSR count). The van der Waals surface area contributed by atoms with Crippen LogP contribution in [-0.4, -0.2) is 87.4 Å². The van der Waals surface area contributed by atoms with E-state index >= 15 is 0 Å². The number of aliphatic hydroxyl groups excluding tert-OH is 1. The fourth-order valence-electron chi connectivity index (χ4n) is 5.13. The third kappa shape index (κ3) is 9.07. The van der Waals surface area contributed by atoms with E-state index < -0.39 is 60.4 Å². The van der Waals surface area contributed by atoms with Gasteiger partial charge in [0.1, 0.15) is 18.7 Å². The lowest BCUT2D eigenvalue weighted by atomic mass is 10.0. The van der Waals surface area contributed by atoms with Gasteiger partial charge in [0.15, 0.2) is 0 Å². The maximum absolute atomic E-state index is 13.7. The van der Waals surface area contributed by atoms with Gasteiger partial charge in [-0.25, -0.2) is 9.80 Å². The Morgan fingerprint density at radius 2 is 1.71 bits per heavy atom. The molecule has 4 atom stereocenters. The van der Waals surface area contributed by atoms with Gasteiger partial charge in [-0.05, 0) is 37.0 Å². The predicted octanol–water partition coefficient (Wildman–Crippen LogP) is 2.65. The summed E-state index contributed by atoms with van der Waals surface area (Å²) in [4.78, 5) is 64.3. The molecule has 2 heterocycles. The van der Waals surface area contributed by atoms with E-state index in [9.17, 15) is 34.2 Å². The topological polar surface area (TPSA) is 175 Å². The van der Waals surface area contributed by atoms with E-state index in [1.807, 2.05) is 6.07 Å². The SMILES string of the molecule is O=C(O)CC(NC(=O)C1CCCN2C(=O)CCC(NC(=O)OCc3ccccc3)C(=O)N12)C(O)COCc1c(Cl)cccc1Cl. The molecule has 2 aromatic rings. The van der Waals surface area contributed by atoms with Crippen molar-refractivity contribution in [3.63, 3.8) is 0 Å². The monoisotopic (exact) mass is 664 g/mol. The quantitative estimate of drug-likeness (QED) is 0.266. The van der Waals surface area contributed by atoms with Gasteiger partial charge < -0.3 is 30.3 Å². The van der Waals surface area contributed by atoms with Gasteiger partial charge in [-0.3, -0.25) is 24.2 Å². The molecule has 2 aromatic carbocycles. The average molecular weight is 666 g/mol. The zero-order valence-electron chi connectivity index (χ0n) is 24.2. The van der Waals surface area contributed by atoms with Crippen LogP contribution in [0.4, 0.5) is 4.79 Å². The number of rotatable bonds is 12. The number of nitrogens with one attached hydrogen (secondary N) is 2. The van der Waals surface area contributed by atoms with E-state index in [0.717, 1.165) is 10.6 Å². The highest BCUT2D eigenvalue weighted by Gasteiger charge is 2.45. The second kappa shape index (κ2) is 15.9. The first-order valence-corrected chi connectivity index (χ1v) is 15.1. The molecule has 0 aromatic heterocycles. The largest absolute Gasteiger partial charge is 0.481 e.